The van der Waals surface area contributed by atoms with E-state index in [0.29, 0.717) is 15.6 Å². The molecule has 2 N–H and O–H groups in total. The largest absolute Gasteiger partial charge is 0.375 e. The molecule has 2 rings (SSSR count). The summed E-state index contributed by atoms with van der Waals surface area (Å²) in [6.45, 7) is 3.42. The van der Waals surface area contributed by atoms with Crippen LogP contribution in [-0.2, 0) is 16.6 Å². The Hall–Kier alpha value is -2.62. The van der Waals surface area contributed by atoms with Gasteiger partial charge in [0.2, 0.25) is 10.0 Å². The predicted molar refractivity (Wildman–Crippen MR) is 108 cm³/mol. The fraction of sp³-hybridized carbons (Fsp3) is 0.118. The maximum atomic E-state index is 12.2. The highest BCUT2D eigenvalue weighted by atomic mass is 35.5. The molecule has 2 aromatic rings. The van der Waals surface area contributed by atoms with Crippen LogP contribution < -0.4 is 10.0 Å². The lowest BCUT2D eigenvalue weighted by atomic mass is 10.1. The summed E-state index contributed by atoms with van der Waals surface area (Å²) in [6.07, 6.45) is 1.13. The standard InChI is InChI=1S/C17H15Cl2N3O5S/c1-2-7-28(26,27)21-17(23)11-4-6-16(22(24)25)15(8-11)20-10-12-3-5-13(18)9-14(12)19/h2-6,8-9,20H,1,7,10H2,(H,21,23). The highest BCUT2D eigenvalue weighted by molar-refractivity contribution is 7.90. The number of anilines is 1. The molecule has 0 saturated heterocycles. The molecule has 0 aliphatic carbocycles. The maximum absolute atomic E-state index is 12.2. The topological polar surface area (TPSA) is 118 Å². The Bertz CT molecular complexity index is 1040. The number of nitro groups is 1. The number of nitro benzene ring substituents is 1. The minimum atomic E-state index is -3.89. The van der Waals surface area contributed by atoms with E-state index in [9.17, 15) is 23.3 Å². The molecule has 2 aromatic carbocycles. The lowest BCUT2D eigenvalue weighted by Crippen LogP contribution is -2.32. The second-order valence-corrected chi connectivity index (χ2v) is 8.19. The summed E-state index contributed by atoms with van der Waals surface area (Å²) >= 11 is 11.9. The quantitative estimate of drug-likeness (QED) is 0.364. The molecule has 0 saturated carbocycles. The second-order valence-electron chi connectivity index (χ2n) is 5.58. The number of rotatable bonds is 8. The van der Waals surface area contributed by atoms with Gasteiger partial charge in [-0.05, 0) is 29.8 Å². The zero-order valence-corrected chi connectivity index (χ0v) is 16.6. The Labute approximate surface area is 171 Å². The Kier molecular flexibility index (Phi) is 7.00. The monoisotopic (exact) mass is 443 g/mol. The number of hydrogen-bond donors (Lipinski definition) is 2. The van der Waals surface area contributed by atoms with Crippen LogP contribution in [0.3, 0.4) is 0 Å². The van der Waals surface area contributed by atoms with Crippen molar-refractivity contribution in [3.8, 4) is 0 Å². The SMILES string of the molecule is C=CCS(=O)(=O)NC(=O)c1ccc([N+](=O)[O-])c(NCc2ccc(Cl)cc2Cl)c1. The highest BCUT2D eigenvalue weighted by Gasteiger charge is 2.20. The molecule has 11 heteroatoms. The molecule has 0 fully saturated rings. The lowest BCUT2D eigenvalue weighted by Gasteiger charge is -2.11. The fourth-order valence-electron chi connectivity index (χ4n) is 2.23. The van der Waals surface area contributed by atoms with Crippen molar-refractivity contribution in [1.29, 1.82) is 0 Å². The van der Waals surface area contributed by atoms with E-state index in [2.05, 4.69) is 11.9 Å². The number of halogens is 2. The summed E-state index contributed by atoms with van der Waals surface area (Å²) in [6, 6.07) is 8.27. The molecular weight excluding hydrogens is 429 g/mol. The van der Waals surface area contributed by atoms with Crippen LogP contribution >= 0.6 is 23.2 Å². The van der Waals surface area contributed by atoms with Crippen molar-refractivity contribution in [2.24, 2.45) is 0 Å². The predicted octanol–water partition coefficient (Wildman–Crippen LogP) is 3.76. The van der Waals surface area contributed by atoms with Crippen LogP contribution in [0, 0.1) is 10.1 Å². The van der Waals surface area contributed by atoms with Gasteiger partial charge in [0.1, 0.15) is 5.69 Å². The van der Waals surface area contributed by atoms with Gasteiger partial charge in [0, 0.05) is 28.2 Å². The van der Waals surface area contributed by atoms with Crippen molar-refractivity contribution in [3.63, 3.8) is 0 Å². The molecule has 0 atom stereocenters. The molecule has 0 bridgehead atoms. The fourth-order valence-corrected chi connectivity index (χ4v) is 3.50. The number of benzene rings is 2. The zero-order chi connectivity index (χ0) is 20.9. The average Bonchev–Trinajstić information content (AvgIpc) is 2.60. The smallest absolute Gasteiger partial charge is 0.292 e. The van der Waals surface area contributed by atoms with E-state index in [1.807, 2.05) is 4.72 Å². The van der Waals surface area contributed by atoms with E-state index in [4.69, 9.17) is 23.2 Å². The molecular formula is C17H15Cl2N3O5S. The van der Waals surface area contributed by atoms with Gasteiger partial charge in [0.25, 0.3) is 11.6 Å². The van der Waals surface area contributed by atoms with Gasteiger partial charge in [-0.25, -0.2) is 13.1 Å². The molecule has 0 radical (unpaired) electrons. The summed E-state index contributed by atoms with van der Waals surface area (Å²) in [5.41, 5.74) is 0.312. The van der Waals surface area contributed by atoms with Gasteiger partial charge >= 0.3 is 0 Å². The summed E-state index contributed by atoms with van der Waals surface area (Å²) in [5.74, 6) is -1.35. The van der Waals surface area contributed by atoms with Crippen molar-refractivity contribution >= 4 is 50.5 Å². The molecule has 0 aromatic heterocycles. The number of hydrogen-bond acceptors (Lipinski definition) is 6. The van der Waals surface area contributed by atoms with Gasteiger partial charge in [-0.2, -0.15) is 0 Å². The first-order chi connectivity index (χ1) is 13.1. The third kappa shape index (κ3) is 5.69. The van der Waals surface area contributed by atoms with Gasteiger partial charge in [-0.15, -0.1) is 6.58 Å². The molecule has 0 aliphatic rings. The Morgan fingerprint density at radius 2 is 1.93 bits per heavy atom. The first kappa shape index (κ1) is 21.7. The number of amides is 1. The van der Waals surface area contributed by atoms with Crippen molar-refractivity contribution in [1.82, 2.24) is 4.72 Å². The van der Waals surface area contributed by atoms with E-state index in [0.717, 1.165) is 18.2 Å². The van der Waals surface area contributed by atoms with Crippen LogP contribution in [0.2, 0.25) is 10.0 Å². The van der Waals surface area contributed by atoms with E-state index >= 15 is 0 Å². The van der Waals surface area contributed by atoms with Crippen LogP contribution in [0.5, 0.6) is 0 Å². The van der Waals surface area contributed by atoms with E-state index in [-0.39, 0.29) is 23.5 Å². The van der Waals surface area contributed by atoms with Gasteiger partial charge in [0.15, 0.2) is 0 Å². The molecule has 0 aliphatic heterocycles. The average molecular weight is 444 g/mol. The van der Waals surface area contributed by atoms with Gasteiger partial charge in [0.05, 0.1) is 10.7 Å². The van der Waals surface area contributed by atoms with Crippen LogP contribution in [0.4, 0.5) is 11.4 Å². The normalized spacial score (nSPS) is 10.9. The lowest BCUT2D eigenvalue weighted by molar-refractivity contribution is -0.384. The van der Waals surface area contributed by atoms with Crippen LogP contribution in [0.15, 0.2) is 49.1 Å². The minimum absolute atomic E-state index is 0.0322. The van der Waals surface area contributed by atoms with Crippen molar-refractivity contribution in [2.45, 2.75) is 6.54 Å². The number of nitrogens with zero attached hydrogens (tertiary/aromatic N) is 1. The second kappa shape index (κ2) is 9.05. The summed E-state index contributed by atoms with van der Waals surface area (Å²) in [5, 5.41) is 14.9. The van der Waals surface area contributed by atoms with E-state index in [1.165, 1.54) is 12.1 Å². The highest BCUT2D eigenvalue weighted by Crippen LogP contribution is 2.28. The van der Waals surface area contributed by atoms with Gasteiger partial charge < -0.3 is 5.32 Å². The molecule has 0 spiro atoms. The Morgan fingerprint density at radius 3 is 2.54 bits per heavy atom. The van der Waals surface area contributed by atoms with E-state index in [1.54, 1.807) is 12.1 Å². The van der Waals surface area contributed by atoms with Crippen LogP contribution in [0.1, 0.15) is 15.9 Å². The minimum Gasteiger partial charge on any atom is -0.375 e. The van der Waals surface area contributed by atoms with Crippen molar-refractivity contribution < 1.29 is 18.1 Å². The molecule has 148 valence electrons. The summed E-state index contributed by atoms with van der Waals surface area (Å²) in [4.78, 5) is 22.8. The third-order valence-corrected chi connectivity index (χ3v) is 5.28. The van der Waals surface area contributed by atoms with Crippen molar-refractivity contribution in [3.05, 3.63) is 80.3 Å². The van der Waals surface area contributed by atoms with Crippen molar-refractivity contribution in [2.75, 3.05) is 11.1 Å². The number of carbonyl (C=O) groups excluding carboxylic acids is 1. The zero-order valence-electron chi connectivity index (χ0n) is 14.3. The third-order valence-electron chi connectivity index (χ3n) is 3.53. The van der Waals surface area contributed by atoms with Gasteiger partial charge in [-0.3, -0.25) is 14.9 Å². The Balaban J connectivity index is 2.29. The first-order valence-electron chi connectivity index (χ1n) is 7.75. The van der Waals surface area contributed by atoms with E-state index < -0.39 is 26.6 Å². The number of carbonyl (C=O) groups is 1. The summed E-state index contributed by atoms with van der Waals surface area (Å²) in [7, 11) is -3.89. The molecule has 28 heavy (non-hydrogen) atoms. The molecule has 0 unspecified atom stereocenters. The van der Waals surface area contributed by atoms with Gasteiger partial charge in [-0.1, -0.05) is 35.3 Å². The number of sulfonamides is 1. The number of nitrogens with one attached hydrogen (secondary N) is 2. The summed E-state index contributed by atoms with van der Waals surface area (Å²) < 4.78 is 25.3. The molecule has 0 heterocycles. The van der Waals surface area contributed by atoms with Crippen LogP contribution in [0.25, 0.3) is 0 Å². The van der Waals surface area contributed by atoms with Crippen LogP contribution in [-0.4, -0.2) is 25.0 Å². The maximum Gasteiger partial charge on any atom is 0.292 e. The molecule has 8 nitrogen and oxygen atoms in total. The Morgan fingerprint density at radius 1 is 1.21 bits per heavy atom. The molecule has 1 amide bonds. The first-order valence-corrected chi connectivity index (χ1v) is 10.2.